The molecular weight excluding hydrogens is 332 g/mol. The van der Waals surface area contributed by atoms with Crippen LogP contribution in [0.25, 0.3) is 10.6 Å². The van der Waals surface area contributed by atoms with Gasteiger partial charge in [0.15, 0.2) is 5.69 Å². The maximum atomic E-state index is 12.3. The van der Waals surface area contributed by atoms with Crippen molar-refractivity contribution in [2.45, 2.75) is 19.3 Å². The molecule has 1 N–H and O–H groups in total. The molecule has 1 fully saturated rings. The minimum absolute atomic E-state index is 0.168. The molecule has 0 bridgehead atoms. The summed E-state index contributed by atoms with van der Waals surface area (Å²) in [5.41, 5.74) is 1.63. The summed E-state index contributed by atoms with van der Waals surface area (Å²) in [6.45, 7) is 1.81. The molecule has 6 heteroatoms. The number of aromatic nitrogens is 3. The standard InChI is InChI=1S/C19H20N4OS/c24-18-17(16-7-4-12-25-16)21-22-19(20-18)23-10-8-15(9-11-23)13-14-5-2-1-3-6-14/h1-7,12,15H,8-11,13H2,(H,20,22,24). The summed E-state index contributed by atoms with van der Waals surface area (Å²) in [5.74, 6) is 1.27. The van der Waals surface area contributed by atoms with Crippen LogP contribution in [0.2, 0.25) is 0 Å². The molecular formula is C19H20N4OS. The number of hydrogen-bond donors (Lipinski definition) is 1. The zero-order chi connectivity index (χ0) is 17.1. The monoisotopic (exact) mass is 352 g/mol. The number of anilines is 1. The minimum Gasteiger partial charge on any atom is -0.341 e. The molecule has 1 saturated heterocycles. The molecule has 0 atom stereocenters. The molecule has 1 aliphatic rings. The molecule has 0 radical (unpaired) electrons. The molecule has 4 rings (SSSR count). The van der Waals surface area contributed by atoms with E-state index in [0.29, 0.717) is 17.6 Å². The Morgan fingerprint density at radius 3 is 2.56 bits per heavy atom. The molecule has 1 aromatic carbocycles. The highest BCUT2D eigenvalue weighted by Crippen LogP contribution is 2.24. The maximum absolute atomic E-state index is 12.3. The van der Waals surface area contributed by atoms with Gasteiger partial charge in [0.2, 0.25) is 5.95 Å². The van der Waals surface area contributed by atoms with Gasteiger partial charge in [-0.1, -0.05) is 36.4 Å². The van der Waals surface area contributed by atoms with Crippen LogP contribution in [0.1, 0.15) is 18.4 Å². The highest BCUT2D eigenvalue weighted by atomic mass is 32.1. The van der Waals surface area contributed by atoms with Crippen LogP contribution in [-0.2, 0) is 6.42 Å². The lowest BCUT2D eigenvalue weighted by Gasteiger charge is -2.32. The van der Waals surface area contributed by atoms with E-state index in [4.69, 9.17) is 0 Å². The lowest BCUT2D eigenvalue weighted by atomic mass is 9.90. The van der Waals surface area contributed by atoms with E-state index in [1.165, 1.54) is 16.9 Å². The van der Waals surface area contributed by atoms with Crippen molar-refractivity contribution in [3.05, 3.63) is 63.8 Å². The Kier molecular flexibility index (Phi) is 4.61. The van der Waals surface area contributed by atoms with Gasteiger partial charge < -0.3 is 4.90 Å². The van der Waals surface area contributed by atoms with Crippen molar-refractivity contribution in [3.8, 4) is 10.6 Å². The van der Waals surface area contributed by atoms with Crippen molar-refractivity contribution in [2.24, 2.45) is 5.92 Å². The summed E-state index contributed by atoms with van der Waals surface area (Å²) < 4.78 is 0. The zero-order valence-electron chi connectivity index (χ0n) is 13.9. The Labute approximate surface area is 150 Å². The number of thiophene rings is 1. The fourth-order valence-corrected chi connectivity index (χ4v) is 4.05. The van der Waals surface area contributed by atoms with E-state index in [1.807, 2.05) is 17.5 Å². The smallest absolute Gasteiger partial charge is 0.280 e. The van der Waals surface area contributed by atoms with Gasteiger partial charge in [0, 0.05) is 13.1 Å². The van der Waals surface area contributed by atoms with Gasteiger partial charge in [-0.15, -0.1) is 21.5 Å². The van der Waals surface area contributed by atoms with Gasteiger partial charge in [0.05, 0.1) is 4.88 Å². The van der Waals surface area contributed by atoms with E-state index >= 15 is 0 Å². The van der Waals surface area contributed by atoms with Gasteiger partial charge in [0.1, 0.15) is 0 Å². The van der Waals surface area contributed by atoms with Crippen LogP contribution in [0.3, 0.4) is 0 Å². The first-order chi connectivity index (χ1) is 12.3. The molecule has 1 aliphatic heterocycles. The number of nitrogens with one attached hydrogen (secondary N) is 1. The topological polar surface area (TPSA) is 61.9 Å². The fourth-order valence-electron chi connectivity index (χ4n) is 3.34. The molecule has 3 aromatic rings. The third-order valence-electron chi connectivity index (χ3n) is 4.72. The Balaban J connectivity index is 1.41. The summed E-state index contributed by atoms with van der Waals surface area (Å²) in [6, 6.07) is 14.4. The lowest BCUT2D eigenvalue weighted by Crippen LogP contribution is -2.36. The second kappa shape index (κ2) is 7.19. The van der Waals surface area contributed by atoms with Crippen LogP contribution in [0.4, 0.5) is 5.95 Å². The Bertz CT molecular complexity index is 868. The Morgan fingerprint density at radius 1 is 1.08 bits per heavy atom. The summed E-state index contributed by atoms with van der Waals surface area (Å²) in [4.78, 5) is 18.2. The molecule has 3 heterocycles. The van der Waals surface area contributed by atoms with Crippen LogP contribution in [0, 0.1) is 5.92 Å². The third kappa shape index (κ3) is 3.64. The molecule has 128 valence electrons. The second-order valence-electron chi connectivity index (χ2n) is 6.42. The first kappa shape index (κ1) is 16.0. The number of hydrogen-bond acceptors (Lipinski definition) is 5. The van der Waals surface area contributed by atoms with E-state index in [9.17, 15) is 4.79 Å². The van der Waals surface area contributed by atoms with Gasteiger partial charge in [-0.25, -0.2) is 0 Å². The average molecular weight is 352 g/mol. The summed E-state index contributed by atoms with van der Waals surface area (Å²) in [7, 11) is 0. The molecule has 25 heavy (non-hydrogen) atoms. The average Bonchev–Trinajstić information content (AvgIpc) is 3.17. The second-order valence-corrected chi connectivity index (χ2v) is 7.37. The molecule has 0 unspecified atom stereocenters. The van der Waals surface area contributed by atoms with Gasteiger partial charge in [-0.3, -0.25) is 9.78 Å². The number of rotatable bonds is 4. The van der Waals surface area contributed by atoms with Crippen molar-refractivity contribution in [1.29, 1.82) is 0 Å². The maximum Gasteiger partial charge on any atom is 0.280 e. The van der Waals surface area contributed by atoms with Crippen LogP contribution in [0.15, 0.2) is 52.6 Å². The Morgan fingerprint density at radius 2 is 1.88 bits per heavy atom. The number of nitrogens with zero attached hydrogens (tertiary/aromatic N) is 3. The molecule has 5 nitrogen and oxygen atoms in total. The van der Waals surface area contributed by atoms with Crippen LogP contribution >= 0.6 is 11.3 Å². The highest BCUT2D eigenvalue weighted by molar-refractivity contribution is 7.13. The first-order valence-electron chi connectivity index (χ1n) is 8.59. The van der Waals surface area contributed by atoms with Crippen LogP contribution in [0.5, 0.6) is 0 Å². The Hall–Kier alpha value is -2.47. The molecule has 0 spiro atoms. The minimum atomic E-state index is -0.168. The quantitative estimate of drug-likeness (QED) is 0.782. The number of piperidine rings is 1. The summed E-state index contributed by atoms with van der Waals surface area (Å²) in [6.07, 6.45) is 3.32. The van der Waals surface area contributed by atoms with Crippen molar-refractivity contribution >= 4 is 17.3 Å². The van der Waals surface area contributed by atoms with Crippen molar-refractivity contribution in [1.82, 2.24) is 15.2 Å². The summed E-state index contributed by atoms with van der Waals surface area (Å²) in [5, 5.41) is 10.3. The van der Waals surface area contributed by atoms with Gasteiger partial charge in [-0.2, -0.15) is 0 Å². The first-order valence-corrected chi connectivity index (χ1v) is 9.47. The summed E-state index contributed by atoms with van der Waals surface area (Å²) >= 11 is 1.50. The van der Waals surface area contributed by atoms with Crippen molar-refractivity contribution in [2.75, 3.05) is 18.0 Å². The molecule has 0 saturated carbocycles. The number of H-pyrrole nitrogens is 1. The van der Waals surface area contributed by atoms with Crippen LogP contribution in [-0.4, -0.2) is 28.3 Å². The van der Waals surface area contributed by atoms with Crippen LogP contribution < -0.4 is 10.5 Å². The number of benzene rings is 1. The predicted octanol–water partition coefficient (Wildman–Crippen LogP) is 3.35. The molecule has 2 aromatic heterocycles. The van der Waals surface area contributed by atoms with E-state index < -0.39 is 0 Å². The SMILES string of the molecule is O=c1[nH]c(N2CCC(Cc3ccccc3)CC2)nnc1-c1cccs1. The highest BCUT2D eigenvalue weighted by Gasteiger charge is 2.22. The van der Waals surface area contributed by atoms with Crippen molar-refractivity contribution in [3.63, 3.8) is 0 Å². The van der Waals surface area contributed by atoms with E-state index in [-0.39, 0.29) is 5.56 Å². The normalized spacial score (nSPS) is 15.4. The van der Waals surface area contributed by atoms with Crippen molar-refractivity contribution < 1.29 is 0 Å². The van der Waals surface area contributed by atoms with Gasteiger partial charge in [0.25, 0.3) is 5.56 Å². The van der Waals surface area contributed by atoms with E-state index in [2.05, 4.69) is 50.4 Å². The fraction of sp³-hybridized carbons (Fsp3) is 0.316. The van der Waals surface area contributed by atoms with E-state index in [0.717, 1.165) is 37.2 Å². The number of aromatic amines is 1. The zero-order valence-corrected chi connectivity index (χ0v) is 14.7. The predicted molar refractivity (Wildman–Crippen MR) is 101 cm³/mol. The van der Waals surface area contributed by atoms with Gasteiger partial charge in [-0.05, 0) is 42.2 Å². The molecule has 0 aliphatic carbocycles. The van der Waals surface area contributed by atoms with E-state index in [1.54, 1.807) is 0 Å². The largest absolute Gasteiger partial charge is 0.341 e. The lowest BCUT2D eigenvalue weighted by molar-refractivity contribution is 0.400. The third-order valence-corrected chi connectivity index (χ3v) is 5.60. The van der Waals surface area contributed by atoms with Gasteiger partial charge >= 0.3 is 0 Å². The molecule has 0 amide bonds.